The van der Waals surface area contributed by atoms with Crippen LogP contribution in [0.4, 0.5) is 30.6 Å². The van der Waals surface area contributed by atoms with Crippen molar-refractivity contribution in [2.24, 2.45) is 11.5 Å². The number of carbonyl (C=O) groups excluding carboxylic acids is 1. The van der Waals surface area contributed by atoms with Crippen LogP contribution < -0.4 is 21.7 Å². The molecule has 172 valence electrons. The van der Waals surface area contributed by atoms with Crippen LogP contribution in [0.3, 0.4) is 0 Å². The molecule has 1 unspecified atom stereocenters. The Morgan fingerprint density at radius 2 is 2.06 bits per heavy atom. The summed E-state index contributed by atoms with van der Waals surface area (Å²) in [7, 11) is 1.48. The zero-order valence-corrected chi connectivity index (χ0v) is 17.6. The highest BCUT2D eigenvalue weighted by atomic mass is 19.4. The molecule has 1 saturated heterocycles. The molecule has 8 nitrogen and oxygen atoms in total. The number of aromatic nitrogens is 2. The lowest BCUT2D eigenvalue weighted by atomic mass is 10.0. The van der Waals surface area contributed by atoms with Gasteiger partial charge in [0.1, 0.15) is 11.4 Å². The first-order valence-electron chi connectivity index (χ1n) is 10.3. The smallest absolute Gasteiger partial charge is 0.374 e. The van der Waals surface area contributed by atoms with Crippen LogP contribution in [-0.2, 0) is 16.5 Å². The predicted octanol–water partition coefficient (Wildman–Crippen LogP) is 2.90. The molecule has 0 radical (unpaired) electrons. The van der Waals surface area contributed by atoms with E-state index >= 15 is 0 Å². The number of nitrogens with two attached hydrogens (primary N) is 2. The van der Waals surface area contributed by atoms with Crippen LogP contribution in [0.5, 0.6) is 0 Å². The van der Waals surface area contributed by atoms with Gasteiger partial charge in [-0.2, -0.15) is 18.2 Å². The second-order valence-corrected chi connectivity index (χ2v) is 8.27. The highest BCUT2D eigenvalue weighted by molar-refractivity contribution is 5.98. The topological polar surface area (TPSA) is 119 Å². The van der Waals surface area contributed by atoms with Crippen molar-refractivity contribution in [1.29, 1.82) is 0 Å². The molecule has 1 aromatic carbocycles. The Morgan fingerprint density at radius 3 is 2.66 bits per heavy atom. The molecule has 0 spiro atoms. The Bertz CT molecular complexity index is 1030. The minimum absolute atomic E-state index is 0.0260. The maximum Gasteiger partial charge on any atom is 0.416 e. The van der Waals surface area contributed by atoms with Crippen molar-refractivity contribution in [3.63, 3.8) is 0 Å². The van der Waals surface area contributed by atoms with E-state index in [4.69, 9.17) is 16.2 Å². The minimum Gasteiger partial charge on any atom is -0.374 e. The van der Waals surface area contributed by atoms with Gasteiger partial charge in [0.05, 0.1) is 11.2 Å². The zero-order valence-electron chi connectivity index (χ0n) is 17.6. The minimum atomic E-state index is -4.55. The summed E-state index contributed by atoms with van der Waals surface area (Å²) in [5.74, 6) is -0.429. The van der Waals surface area contributed by atoms with E-state index in [2.05, 4.69) is 15.3 Å². The molecule has 11 heteroatoms. The molecule has 2 aromatic rings. The number of primary amides is 1. The van der Waals surface area contributed by atoms with Crippen molar-refractivity contribution in [3.8, 4) is 0 Å². The molecule has 4 rings (SSSR count). The van der Waals surface area contributed by atoms with Gasteiger partial charge < -0.3 is 26.4 Å². The van der Waals surface area contributed by atoms with Crippen LogP contribution in [-0.4, -0.2) is 42.1 Å². The number of methoxy groups -OCH3 is 1. The number of benzene rings is 1. The van der Waals surface area contributed by atoms with Gasteiger partial charge in [0.15, 0.2) is 0 Å². The number of piperidine rings is 1. The number of nitrogens with one attached hydrogen (secondary N) is 1. The number of amides is 1. The van der Waals surface area contributed by atoms with Crippen molar-refractivity contribution >= 4 is 23.4 Å². The van der Waals surface area contributed by atoms with E-state index in [1.54, 1.807) is 6.07 Å². The van der Waals surface area contributed by atoms with Crippen LogP contribution >= 0.6 is 0 Å². The van der Waals surface area contributed by atoms with Crippen molar-refractivity contribution in [2.45, 2.75) is 43.5 Å². The summed E-state index contributed by atoms with van der Waals surface area (Å²) in [6, 6.07) is 3.61. The van der Waals surface area contributed by atoms with Gasteiger partial charge in [-0.25, -0.2) is 4.98 Å². The number of ether oxygens (including phenoxy) is 1. The van der Waals surface area contributed by atoms with Gasteiger partial charge in [-0.05, 0) is 49.4 Å². The first-order valence-corrected chi connectivity index (χ1v) is 10.3. The van der Waals surface area contributed by atoms with Crippen LogP contribution in [0.1, 0.15) is 47.2 Å². The van der Waals surface area contributed by atoms with Gasteiger partial charge in [-0.1, -0.05) is 0 Å². The number of anilines is 3. The maximum absolute atomic E-state index is 13.6. The fourth-order valence-corrected chi connectivity index (χ4v) is 3.98. The predicted molar refractivity (Wildman–Crippen MR) is 113 cm³/mol. The molecule has 5 N–H and O–H groups in total. The third kappa shape index (κ3) is 4.49. The average molecular weight is 450 g/mol. The molecule has 0 bridgehead atoms. The van der Waals surface area contributed by atoms with Gasteiger partial charge in [0.25, 0.3) is 5.91 Å². The van der Waals surface area contributed by atoms with E-state index in [1.807, 2.05) is 4.90 Å². The molecule has 1 saturated carbocycles. The summed E-state index contributed by atoms with van der Waals surface area (Å²) in [5, 5.41) is 2.86. The normalized spacial score (nSPS) is 20.2. The van der Waals surface area contributed by atoms with Crippen LogP contribution in [0, 0.1) is 0 Å². The lowest BCUT2D eigenvalue weighted by molar-refractivity contribution is -0.137. The van der Waals surface area contributed by atoms with E-state index in [9.17, 15) is 18.0 Å². The number of hydrogen-bond donors (Lipinski definition) is 3. The van der Waals surface area contributed by atoms with Crippen LogP contribution in [0.2, 0.25) is 0 Å². The van der Waals surface area contributed by atoms with E-state index in [0.717, 1.165) is 25.0 Å². The van der Waals surface area contributed by atoms with Crippen molar-refractivity contribution in [2.75, 3.05) is 30.4 Å². The van der Waals surface area contributed by atoms with Gasteiger partial charge >= 0.3 is 6.18 Å². The Hall–Kier alpha value is -2.92. The molecule has 1 aromatic heterocycles. The fraction of sp³-hybridized carbons (Fsp3) is 0.476. The molecule has 1 aliphatic heterocycles. The number of carbonyl (C=O) groups is 1. The van der Waals surface area contributed by atoms with E-state index < -0.39 is 23.2 Å². The first kappa shape index (κ1) is 22.3. The second-order valence-electron chi connectivity index (χ2n) is 8.27. The number of alkyl halides is 3. The SMILES string of the molecule is COC1(c2cc(Nc3nc(N4CCCC(N)C4)ncc3C(N)=O)cc(C(F)(F)F)c2)CC1. The standard InChI is InChI=1S/C21H25F3N6O2/c1-32-20(4-5-20)12-7-13(21(22,23)24)9-15(8-12)28-18-16(17(26)31)10-27-19(29-18)30-6-2-3-14(25)11-30/h7-10,14H,2-6,11,25H2,1H3,(H2,26,31)(H,27,28,29). The number of hydrogen-bond acceptors (Lipinski definition) is 7. The highest BCUT2D eigenvalue weighted by Gasteiger charge is 2.46. The summed E-state index contributed by atoms with van der Waals surface area (Å²) in [6.45, 7) is 1.23. The third-order valence-electron chi connectivity index (χ3n) is 5.93. The summed E-state index contributed by atoms with van der Waals surface area (Å²) in [6.07, 6.45) is -0.272. The lowest BCUT2D eigenvalue weighted by Gasteiger charge is -2.31. The van der Waals surface area contributed by atoms with E-state index in [-0.39, 0.29) is 23.1 Å². The first-order chi connectivity index (χ1) is 15.1. The number of halogens is 3. The molecule has 1 atom stereocenters. The average Bonchev–Trinajstić information content (AvgIpc) is 3.54. The fourth-order valence-electron chi connectivity index (χ4n) is 3.98. The van der Waals surface area contributed by atoms with Gasteiger partial charge in [-0.3, -0.25) is 4.79 Å². The summed E-state index contributed by atoms with van der Waals surface area (Å²) in [4.78, 5) is 22.4. The molecule has 1 aliphatic carbocycles. The Labute approximate surface area is 183 Å². The molecule has 1 amide bonds. The summed E-state index contributed by atoms with van der Waals surface area (Å²) in [5.41, 5.74) is 10.4. The summed E-state index contributed by atoms with van der Waals surface area (Å²) < 4.78 is 46.2. The Morgan fingerprint density at radius 1 is 1.31 bits per heavy atom. The van der Waals surface area contributed by atoms with Crippen molar-refractivity contribution in [1.82, 2.24) is 9.97 Å². The largest absolute Gasteiger partial charge is 0.416 e. The molecule has 2 fully saturated rings. The van der Waals surface area contributed by atoms with Gasteiger partial charge in [0, 0.05) is 38.1 Å². The Kier molecular flexibility index (Phi) is 5.72. The highest BCUT2D eigenvalue weighted by Crippen LogP contribution is 2.50. The van der Waals surface area contributed by atoms with Gasteiger partial charge in [0.2, 0.25) is 5.95 Å². The van der Waals surface area contributed by atoms with Gasteiger partial charge in [-0.15, -0.1) is 0 Å². The third-order valence-corrected chi connectivity index (χ3v) is 5.93. The second kappa shape index (κ2) is 8.21. The molecule has 2 aliphatic rings. The van der Waals surface area contributed by atoms with E-state index in [1.165, 1.54) is 13.3 Å². The number of nitrogens with zero attached hydrogens (tertiary/aromatic N) is 3. The molecular weight excluding hydrogens is 425 g/mol. The van der Waals surface area contributed by atoms with Crippen LogP contribution in [0.25, 0.3) is 0 Å². The Balaban J connectivity index is 1.73. The molecule has 32 heavy (non-hydrogen) atoms. The van der Waals surface area contributed by atoms with E-state index in [0.29, 0.717) is 37.4 Å². The monoisotopic (exact) mass is 450 g/mol. The van der Waals surface area contributed by atoms with Crippen molar-refractivity contribution in [3.05, 3.63) is 41.1 Å². The molecular formula is C21H25F3N6O2. The zero-order chi connectivity index (χ0) is 23.1. The maximum atomic E-state index is 13.6. The van der Waals surface area contributed by atoms with Crippen LogP contribution in [0.15, 0.2) is 24.4 Å². The quantitative estimate of drug-likeness (QED) is 0.619. The number of rotatable bonds is 6. The summed E-state index contributed by atoms with van der Waals surface area (Å²) >= 11 is 0. The lowest BCUT2D eigenvalue weighted by Crippen LogP contribution is -2.43. The van der Waals surface area contributed by atoms with Crippen molar-refractivity contribution < 1.29 is 22.7 Å². The molecule has 2 heterocycles.